The van der Waals surface area contributed by atoms with Crippen LogP contribution < -0.4 is 10.1 Å². The highest BCUT2D eigenvalue weighted by atomic mass is 19.3. The minimum absolute atomic E-state index is 0.0538. The van der Waals surface area contributed by atoms with Gasteiger partial charge in [-0.2, -0.15) is 8.78 Å². The van der Waals surface area contributed by atoms with Gasteiger partial charge in [0.2, 0.25) is 0 Å². The number of carbonyl (C=O) groups excluding carboxylic acids is 1. The fourth-order valence-electron chi connectivity index (χ4n) is 2.41. The molecule has 1 aromatic heterocycles. The van der Waals surface area contributed by atoms with E-state index >= 15 is 0 Å². The molecule has 0 bridgehead atoms. The molecular weight excluding hydrogens is 302 g/mol. The van der Waals surface area contributed by atoms with Crippen LogP contribution in [0.3, 0.4) is 0 Å². The van der Waals surface area contributed by atoms with Crippen molar-refractivity contribution in [2.45, 2.75) is 13.5 Å². The topological polar surface area (TPSA) is 54.1 Å². The summed E-state index contributed by atoms with van der Waals surface area (Å²) in [5.74, 6) is -0.661. The van der Waals surface area contributed by atoms with E-state index < -0.39 is 12.5 Å². The van der Waals surface area contributed by atoms with Gasteiger partial charge in [0.05, 0.1) is 5.56 Å². The number of H-pyrrole nitrogens is 1. The van der Waals surface area contributed by atoms with E-state index in [1.807, 2.05) is 25.1 Å². The van der Waals surface area contributed by atoms with Crippen molar-refractivity contribution in [3.8, 4) is 5.75 Å². The number of benzene rings is 2. The third kappa shape index (κ3) is 3.31. The summed E-state index contributed by atoms with van der Waals surface area (Å²) in [6.07, 6.45) is 0. The van der Waals surface area contributed by atoms with Crippen LogP contribution in [-0.4, -0.2) is 17.5 Å². The summed E-state index contributed by atoms with van der Waals surface area (Å²) in [5.41, 5.74) is 2.60. The van der Waals surface area contributed by atoms with Gasteiger partial charge < -0.3 is 15.0 Å². The first kappa shape index (κ1) is 15.0. The highest BCUT2D eigenvalue weighted by Gasteiger charge is 2.15. The molecule has 3 rings (SSSR count). The molecule has 0 saturated heterocycles. The molecule has 1 heterocycles. The third-order valence-electron chi connectivity index (χ3n) is 3.36. The SMILES string of the molecule is Cc1cc2cc(NC(=O)c3ccccc3OC(F)F)ccc2[nH]1. The molecule has 0 radical (unpaired) electrons. The quantitative estimate of drug-likeness (QED) is 0.752. The molecule has 4 nitrogen and oxygen atoms in total. The molecule has 2 aromatic carbocycles. The number of para-hydroxylation sites is 1. The lowest BCUT2D eigenvalue weighted by molar-refractivity contribution is -0.0501. The molecular formula is C17H14F2N2O2. The van der Waals surface area contributed by atoms with Crippen molar-refractivity contribution in [2.24, 2.45) is 0 Å². The molecule has 0 aliphatic carbocycles. The van der Waals surface area contributed by atoms with Gasteiger partial charge in [-0.15, -0.1) is 0 Å². The normalized spacial score (nSPS) is 11.0. The molecule has 1 amide bonds. The number of ether oxygens (including phenoxy) is 1. The smallest absolute Gasteiger partial charge is 0.387 e. The summed E-state index contributed by atoms with van der Waals surface area (Å²) >= 11 is 0. The summed E-state index contributed by atoms with van der Waals surface area (Å²) in [5, 5.41) is 3.65. The second-order valence-electron chi connectivity index (χ2n) is 5.08. The maximum Gasteiger partial charge on any atom is 0.387 e. The van der Waals surface area contributed by atoms with Crippen molar-refractivity contribution in [2.75, 3.05) is 5.32 Å². The van der Waals surface area contributed by atoms with Crippen LogP contribution in [0.1, 0.15) is 16.1 Å². The number of hydrogen-bond acceptors (Lipinski definition) is 2. The van der Waals surface area contributed by atoms with Gasteiger partial charge in [0.1, 0.15) is 5.75 Å². The van der Waals surface area contributed by atoms with E-state index in [-0.39, 0.29) is 11.3 Å². The van der Waals surface area contributed by atoms with Crippen molar-refractivity contribution in [1.82, 2.24) is 4.98 Å². The van der Waals surface area contributed by atoms with Gasteiger partial charge in [-0.1, -0.05) is 12.1 Å². The van der Waals surface area contributed by atoms with Gasteiger partial charge in [0, 0.05) is 22.3 Å². The van der Waals surface area contributed by atoms with Gasteiger partial charge in [0.25, 0.3) is 5.91 Å². The lowest BCUT2D eigenvalue weighted by atomic mass is 10.1. The molecule has 0 saturated carbocycles. The Bertz CT molecular complexity index is 859. The number of halogens is 2. The van der Waals surface area contributed by atoms with Crippen molar-refractivity contribution in [1.29, 1.82) is 0 Å². The summed E-state index contributed by atoms with van der Waals surface area (Å²) in [4.78, 5) is 15.5. The molecule has 0 spiro atoms. The van der Waals surface area contributed by atoms with Crippen molar-refractivity contribution in [3.05, 3.63) is 59.8 Å². The highest BCUT2D eigenvalue weighted by molar-refractivity contribution is 6.06. The highest BCUT2D eigenvalue weighted by Crippen LogP contribution is 2.23. The average Bonchev–Trinajstić information content (AvgIpc) is 2.86. The molecule has 0 atom stereocenters. The summed E-state index contributed by atoms with van der Waals surface area (Å²) in [6.45, 7) is -1.04. The predicted octanol–water partition coefficient (Wildman–Crippen LogP) is 4.33. The Hall–Kier alpha value is -2.89. The molecule has 3 aromatic rings. The molecule has 23 heavy (non-hydrogen) atoms. The van der Waals surface area contributed by atoms with Crippen LogP contribution in [0.2, 0.25) is 0 Å². The second kappa shape index (κ2) is 6.08. The molecule has 6 heteroatoms. The van der Waals surface area contributed by atoms with E-state index in [9.17, 15) is 13.6 Å². The number of amides is 1. The first-order chi connectivity index (χ1) is 11.0. The lowest BCUT2D eigenvalue weighted by Gasteiger charge is -2.11. The van der Waals surface area contributed by atoms with Crippen LogP contribution in [-0.2, 0) is 0 Å². The Morgan fingerprint density at radius 1 is 1.17 bits per heavy atom. The Balaban J connectivity index is 1.85. The Morgan fingerprint density at radius 3 is 2.74 bits per heavy atom. The van der Waals surface area contributed by atoms with Crippen molar-refractivity contribution in [3.63, 3.8) is 0 Å². The number of rotatable bonds is 4. The Morgan fingerprint density at radius 2 is 1.96 bits per heavy atom. The largest absolute Gasteiger partial charge is 0.434 e. The van der Waals surface area contributed by atoms with Crippen LogP contribution in [0.15, 0.2) is 48.5 Å². The molecule has 0 aliphatic heterocycles. The first-order valence-electron chi connectivity index (χ1n) is 6.97. The number of nitrogens with one attached hydrogen (secondary N) is 2. The van der Waals surface area contributed by atoms with E-state index in [4.69, 9.17) is 0 Å². The van der Waals surface area contributed by atoms with E-state index in [1.165, 1.54) is 18.2 Å². The van der Waals surface area contributed by atoms with Gasteiger partial charge in [-0.25, -0.2) is 0 Å². The fraction of sp³-hybridized carbons (Fsp3) is 0.118. The van der Waals surface area contributed by atoms with Crippen LogP contribution in [0.4, 0.5) is 14.5 Å². The summed E-state index contributed by atoms with van der Waals surface area (Å²) < 4.78 is 29.2. The van der Waals surface area contributed by atoms with Crippen molar-refractivity contribution >= 4 is 22.5 Å². The van der Waals surface area contributed by atoms with E-state index in [0.29, 0.717) is 5.69 Å². The molecule has 0 fully saturated rings. The molecule has 0 aliphatic rings. The van der Waals surface area contributed by atoms with Gasteiger partial charge >= 0.3 is 6.61 Å². The van der Waals surface area contributed by atoms with Crippen LogP contribution in [0.25, 0.3) is 10.9 Å². The third-order valence-corrected chi connectivity index (χ3v) is 3.36. The summed E-state index contributed by atoms with van der Waals surface area (Å²) in [6, 6.07) is 13.2. The van der Waals surface area contributed by atoms with E-state index in [0.717, 1.165) is 16.6 Å². The number of aryl methyl sites for hydroxylation is 1. The summed E-state index contributed by atoms with van der Waals surface area (Å²) in [7, 11) is 0. The zero-order valence-corrected chi connectivity index (χ0v) is 12.3. The first-order valence-corrected chi connectivity index (χ1v) is 6.97. The average molecular weight is 316 g/mol. The number of alkyl halides is 2. The van der Waals surface area contributed by atoms with E-state index in [1.54, 1.807) is 12.1 Å². The number of hydrogen-bond donors (Lipinski definition) is 2. The maximum atomic E-state index is 12.4. The number of aromatic nitrogens is 1. The van der Waals surface area contributed by atoms with Crippen LogP contribution >= 0.6 is 0 Å². The Kier molecular flexibility index (Phi) is 3.97. The van der Waals surface area contributed by atoms with Crippen LogP contribution in [0.5, 0.6) is 5.75 Å². The second-order valence-corrected chi connectivity index (χ2v) is 5.08. The standard InChI is InChI=1S/C17H14F2N2O2/c1-10-8-11-9-12(6-7-14(11)20-10)21-16(22)13-4-2-3-5-15(13)23-17(18)19/h2-9,17,20H,1H3,(H,21,22). The minimum Gasteiger partial charge on any atom is -0.434 e. The number of fused-ring (bicyclic) bond motifs is 1. The van der Waals surface area contributed by atoms with E-state index in [2.05, 4.69) is 15.0 Å². The van der Waals surface area contributed by atoms with Crippen LogP contribution in [0, 0.1) is 6.92 Å². The van der Waals surface area contributed by atoms with Gasteiger partial charge in [0.15, 0.2) is 0 Å². The number of aromatic amines is 1. The number of carbonyl (C=O) groups is 1. The Labute approximate surface area is 131 Å². The number of anilines is 1. The zero-order valence-electron chi connectivity index (χ0n) is 12.3. The van der Waals surface area contributed by atoms with Gasteiger partial charge in [-0.05, 0) is 43.3 Å². The van der Waals surface area contributed by atoms with Crippen molar-refractivity contribution < 1.29 is 18.3 Å². The lowest BCUT2D eigenvalue weighted by Crippen LogP contribution is -2.14. The predicted molar refractivity (Wildman–Crippen MR) is 84.1 cm³/mol. The van der Waals surface area contributed by atoms with Gasteiger partial charge in [-0.3, -0.25) is 4.79 Å². The molecule has 2 N–H and O–H groups in total. The minimum atomic E-state index is -2.98. The molecule has 118 valence electrons. The monoisotopic (exact) mass is 316 g/mol. The zero-order chi connectivity index (χ0) is 16.4. The fourth-order valence-corrected chi connectivity index (χ4v) is 2.41. The molecule has 0 unspecified atom stereocenters. The maximum absolute atomic E-state index is 12.4.